The van der Waals surface area contributed by atoms with E-state index in [2.05, 4.69) is 5.32 Å². The van der Waals surface area contributed by atoms with Crippen molar-refractivity contribution in [3.05, 3.63) is 64.2 Å². The monoisotopic (exact) mass is 535 g/mol. The molecule has 2 aromatic carbocycles. The Bertz CT molecular complexity index is 1190. The second kappa shape index (κ2) is 12.1. The highest BCUT2D eigenvalue weighted by Gasteiger charge is 2.29. The first-order valence-electron chi connectivity index (χ1n) is 12.0. The lowest BCUT2D eigenvalue weighted by Crippen LogP contribution is -2.52. The van der Waals surface area contributed by atoms with Crippen LogP contribution in [-0.4, -0.2) is 49.5 Å². The summed E-state index contributed by atoms with van der Waals surface area (Å²) in [5.41, 5.74) is 2.76. The molecule has 2 rings (SSSR count). The number of rotatable bonds is 10. The number of halogens is 1. The average Bonchev–Trinajstić information content (AvgIpc) is 2.74. The Hall–Kier alpha value is -2.58. The van der Waals surface area contributed by atoms with Crippen LogP contribution >= 0.6 is 11.6 Å². The van der Waals surface area contributed by atoms with Crippen LogP contribution in [0.15, 0.2) is 42.5 Å². The zero-order valence-electron chi connectivity index (χ0n) is 22.3. The highest BCUT2D eigenvalue weighted by Crippen LogP contribution is 2.25. The first kappa shape index (κ1) is 29.6. The van der Waals surface area contributed by atoms with Crippen LogP contribution in [0.25, 0.3) is 0 Å². The summed E-state index contributed by atoms with van der Waals surface area (Å²) in [5, 5.41) is 3.48. The molecule has 0 saturated heterocycles. The van der Waals surface area contributed by atoms with Crippen molar-refractivity contribution in [2.75, 3.05) is 17.1 Å². The molecule has 9 heteroatoms. The fourth-order valence-corrected chi connectivity index (χ4v) is 5.09. The molecule has 198 valence electrons. The molecule has 0 saturated carbocycles. The molecule has 0 spiro atoms. The van der Waals surface area contributed by atoms with E-state index in [0.29, 0.717) is 17.1 Å². The third kappa shape index (κ3) is 8.82. The summed E-state index contributed by atoms with van der Waals surface area (Å²) in [6, 6.07) is 12.1. The molecule has 1 N–H and O–H groups in total. The highest BCUT2D eigenvalue weighted by molar-refractivity contribution is 7.92. The van der Waals surface area contributed by atoms with Gasteiger partial charge in [0.2, 0.25) is 21.8 Å². The van der Waals surface area contributed by atoms with E-state index in [1.165, 1.54) is 15.5 Å². The Kier molecular flexibility index (Phi) is 9.97. The maximum Gasteiger partial charge on any atom is 0.242 e. The molecule has 36 heavy (non-hydrogen) atoms. The van der Waals surface area contributed by atoms with Gasteiger partial charge in [-0.25, -0.2) is 8.42 Å². The van der Waals surface area contributed by atoms with Crippen molar-refractivity contribution >= 4 is 39.1 Å². The van der Waals surface area contributed by atoms with Gasteiger partial charge in [0.25, 0.3) is 0 Å². The van der Waals surface area contributed by atoms with Crippen LogP contribution in [0.1, 0.15) is 57.2 Å². The Balaban J connectivity index is 2.23. The average molecular weight is 536 g/mol. The predicted molar refractivity (Wildman–Crippen MR) is 147 cm³/mol. The van der Waals surface area contributed by atoms with Gasteiger partial charge < -0.3 is 10.2 Å². The first-order valence-corrected chi connectivity index (χ1v) is 14.2. The van der Waals surface area contributed by atoms with Gasteiger partial charge >= 0.3 is 0 Å². The maximum absolute atomic E-state index is 13.4. The lowest BCUT2D eigenvalue weighted by atomic mass is 10.1. The lowest BCUT2D eigenvalue weighted by Gasteiger charge is -2.32. The van der Waals surface area contributed by atoms with Gasteiger partial charge in [-0.3, -0.25) is 13.9 Å². The van der Waals surface area contributed by atoms with Crippen LogP contribution in [0.4, 0.5) is 5.69 Å². The van der Waals surface area contributed by atoms with E-state index in [0.717, 1.165) is 16.7 Å². The molecule has 0 aliphatic heterocycles. The van der Waals surface area contributed by atoms with Crippen molar-refractivity contribution in [3.8, 4) is 0 Å². The van der Waals surface area contributed by atoms with Gasteiger partial charge in [-0.05, 0) is 82.9 Å². The highest BCUT2D eigenvalue weighted by atomic mass is 35.5. The van der Waals surface area contributed by atoms with Crippen LogP contribution in [0.2, 0.25) is 5.02 Å². The predicted octanol–water partition coefficient (Wildman–Crippen LogP) is 4.84. The molecule has 0 aliphatic rings. The molecule has 2 amide bonds. The number of carbonyl (C=O) groups is 2. The van der Waals surface area contributed by atoms with Crippen LogP contribution in [0, 0.1) is 13.8 Å². The molecule has 1 atom stereocenters. The molecule has 0 heterocycles. The summed E-state index contributed by atoms with van der Waals surface area (Å²) >= 11 is 6.14. The largest absolute Gasteiger partial charge is 0.350 e. The van der Waals surface area contributed by atoms with Gasteiger partial charge in [-0.15, -0.1) is 0 Å². The van der Waals surface area contributed by atoms with E-state index in [1.807, 2.05) is 58.9 Å². The van der Waals surface area contributed by atoms with E-state index in [9.17, 15) is 18.0 Å². The van der Waals surface area contributed by atoms with Gasteiger partial charge in [0.05, 0.1) is 11.9 Å². The van der Waals surface area contributed by atoms with E-state index < -0.39 is 21.6 Å². The summed E-state index contributed by atoms with van der Waals surface area (Å²) in [6.07, 6.45) is 1.56. The summed E-state index contributed by atoms with van der Waals surface area (Å²) in [6.45, 7) is 11.5. The van der Waals surface area contributed by atoms with E-state index in [1.54, 1.807) is 25.1 Å². The van der Waals surface area contributed by atoms with Crippen molar-refractivity contribution in [2.24, 2.45) is 0 Å². The molecule has 7 nitrogen and oxygen atoms in total. The van der Waals surface area contributed by atoms with Crippen LogP contribution in [-0.2, 0) is 26.2 Å². The summed E-state index contributed by atoms with van der Waals surface area (Å²) in [4.78, 5) is 27.8. The molecule has 0 unspecified atom stereocenters. The number of nitrogens with zero attached hydrogens (tertiary/aromatic N) is 2. The SMILES string of the molecule is Cc1ccc(C)c(N(CCCC(=O)N(Cc2cccc(Cl)c2)[C@@H](C)C(=O)NC(C)(C)C)S(C)(=O)=O)c1. The minimum Gasteiger partial charge on any atom is -0.350 e. The number of carbonyl (C=O) groups excluding carboxylic acids is 2. The van der Waals surface area contributed by atoms with Crippen molar-refractivity contribution in [3.63, 3.8) is 0 Å². The first-order chi connectivity index (χ1) is 16.6. The Morgan fingerprint density at radius 2 is 1.75 bits per heavy atom. The van der Waals surface area contributed by atoms with Gasteiger partial charge in [-0.1, -0.05) is 35.9 Å². The molecule has 0 fully saturated rings. The summed E-state index contributed by atoms with van der Waals surface area (Å²) in [5.74, 6) is -0.494. The van der Waals surface area contributed by atoms with Crippen molar-refractivity contribution in [1.29, 1.82) is 0 Å². The van der Waals surface area contributed by atoms with E-state index in [-0.39, 0.29) is 31.3 Å². The van der Waals surface area contributed by atoms with Crippen molar-refractivity contribution < 1.29 is 18.0 Å². The second-order valence-corrected chi connectivity index (χ2v) is 12.6. The smallest absolute Gasteiger partial charge is 0.242 e. The third-order valence-electron chi connectivity index (χ3n) is 5.69. The fraction of sp³-hybridized carbons (Fsp3) is 0.481. The van der Waals surface area contributed by atoms with Gasteiger partial charge in [0.15, 0.2) is 0 Å². The normalized spacial score (nSPS) is 12.7. The molecule has 0 aliphatic carbocycles. The molecule has 2 aromatic rings. The number of hydrogen-bond donors (Lipinski definition) is 1. The third-order valence-corrected chi connectivity index (χ3v) is 7.11. The molecular formula is C27H38ClN3O4S. The van der Waals surface area contributed by atoms with E-state index in [4.69, 9.17) is 11.6 Å². The Morgan fingerprint density at radius 1 is 1.08 bits per heavy atom. The second-order valence-electron chi connectivity index (χ2n) is 10.3. The maximum atomic E-state index is 13.4. The zero-order valence-corrected chi connectivity index (χ0v) is 23.8. The summed E-state index contributed by atoms with van der Waals surface area (Å²) < 4.78 is 26.5. The minimum absolute atomic E-state index is 0.0879. The topological polar surface area (TPSA) is 86.8 Å². The Morgan fingerprint density at radius 3 is 2.33 bits per heavy atom. The molecule has 0 aromatic heterocycles. The Labute approximate surface area is 220 Å². The number of aryl methyl sites for hydroxylation is 2. The number of anilines is 1. The van der Waals surface area contributed by atoms with Gasteiger partial charge in [0.1, 0.15) is 6.04 Å². The molecule has 0 bridgehead atoms. The van der Waals surface area contributed by atoms with Crippen LogP contribution < -0.4 is 9.62 Å². The minimum atomic E-state index is -3.55. The van der Waals surface area contributed by atoms with E-state index >= 15 is 0 Å². The number of nitrogens with one attached hydrogen (secondary N) is 1. The van der Waals surface area contributed by atoms with Gasteiger partial charge in [-0.2, -0.15) is 0 Å². The van der Waals surface area contributed by atoms with Crippen molar-refractivity contribution in [1.82, 2.24) is 10.2 Å². The van der Waals surface area contributed by atoms with Crippen LogP contribution in [0.3, 0.4) is 0 Å². The standard InChI is InChI=1S/C27H38ClN3O4S/c1-19-13-14-20(2)24(16-19)31(36(7,34)35)15-9-12-25(32)30(18-22-10-8-11-23(28)17-22)21(3)26(33)29-27(4,5)6/h8,10-11,13-14,16-17,21H,9,12,15,18H2,1-7H3,(H,29,33)/t21-/m0/s1. The fourth-order valence-electron chi connectivity index (χ4n) is 3.86. The van der Waals surface area contributed by atoms with Crippen LogP contribution in [0.5, 0.6) is 0 Å². The number of sulfonamides is 1. The van der Waals surface area contributed by atoms with Crippen molar-refractivity contribution in [2.45, 2.75) is 72.5 Å². The number of amides is 2. The quantitative estimate of drug-likeness (QED) is 0.472. The van der Waals surface area contributed by atoms with Gasteiger partial charge in [0, 0.05) is 30.1 Å². The number of hydrogen-bond acceptors (Lipinski definition) is 4. The molecular weight excluding hydrogens is 498 g/mol. The lowest BCUT2D eigenvalue weighted by molar-refractivity contribution is -0.141. The summed E-state index contributed by atoms with van der Waals surface area (Å²) in [7, 11) is -3.55. The molecule has 0 radical (unpaired) electrons. The zero-order chi connectivity index (χ0) is 27.3. The number of benzene rings is 2.